The molecule has 2 heteroatoms. The Morgan fingerprint density at radius 2 is 1.79 bits per heavy atom. The minimum atomic E-state index is 0.682. The SMILES string of the molecule is CCC(C)NCCN1CCCCCC1. The zero-order valence-electron chi connectivity index (χ0n) is 9.89. The number of likely N-dealkylation sites (tertiary alicyclic amines) is 1. The Bertz CT molecular complexity index is 128. The molecule has 1 rings (SSSR count). The second-order valence-electron chi connectivity index (χ2n) is 4.52. The molecular weight excluding hydrogens is 172 g/mol. The highest BCUT2D eigenvalue weighted by molar-refractivity contribution is 4.66. The van der Waals surface area contributed by atoms with Crippen LogP contribution in [0.1, 0.15) is 46.0 Å². The highest BCUT2D eigenvalue weighted by atomic mass is 15.1. The van der Waals surface area contributed by atoms with Gasteiger partial charge in [-0.05, 0) is 39.3 Å². The van der Waals surface area contributed by atoms with Gasteiger partial charge in [0.15, 0.2) is 0 Å². The molecular formula is C12H26N2. The van der Waals surface area contributed by atoms with Gasteiger partial charge >= 0.3 is 0 Å². The standard InChI is InChI=1S/C12H26N2/c1-3-12(2)13-8-11-14-9-6-4-5-7-10-14/h12-13H,3-11H2,1-2H3. The largest absolute Gasteiger partial charge is 0.313 e. The van der Waals surface area contributed by atoms with Gasteiger partial charge in [0, 0.05) is 19.1 Å². The van der Waals surface area contributed by atoms with Crippen molar-refractivity contribution in [3.63, 3.8) is 0 Å². The average molecular weight is 198 g/mol. The van der Waals surface area contributed by atoms with Crippen LogP contribution in [0.5, 0.6) is 0 Å². The Balaban J connectivity index is 2.04. The summed E-state index contributed by atoms with van der Waals surface area (Å²) in [5.74, 6) is 0. The van der Waals surface area contributed by atoms with Crippen molar-refractivity contribution in [3.05, 3.63) is 0 Å². The molecule has 1 fully saturated rings. The predicted octanol–water partition coefficient (Wildman–Crippen LogP) is 2.25. The summed E-state index contributed by atoms with van der Waals surface area (Å²) in [6.07, 6.45) is 6.93. The first-order chi connectivity index (χ1) is 6.83. The molecule has 0 aromatic heterocycles. The molecule has 0 radical (unpaired) electrons. The molecule has 1 N–H and O–H groups in total. The van der Waals surface area contributed by atoms with Crippen molar-refractivity contribution >= 4 is 0 Å². The van der Waals surface area contributed by atoms with Gasteiger partial charge in [-0.3, -0.25) is 0 Å². The van der Waals surface area contributed by atoms with E-state index in [2.05, 4.69) is 24.1 Å². The summed E-state index contributed by atoms with van der Waals surface area (Å²) in [7, 11) is 0. The van der Waals surface area contributed by atoms with Crippen molar-refractivity contribution in [3.8, 4) is 0 Å². The van der Waals surface area contributed by atoms with Crippen LogP contribution in [-0.2, 0) is 0 Å². The molecule has 0 bridgehead atoms. The Labute approximate surface area is 89.1 Å². The summed E-state index contributed by atoms with van der Waals surface area (Å²) in [4.78, 5) is 2.61. The van der Waals surface area contributed by atoms with E-state index in [0.717, 1.165) is 6.54 Å². The molecule has 1 unspecified atom stereocenters. The Morgan fingerprint density at radius 3 is 2.36 bits per heavy atom. The van der Waals surface area contributed by atoms with Gasteiger partial charge < -0.3 is 10.2 Å². The van der Waals surface area contributed by atoms with Crippen molar-refractivity contribution in [2.45, 2.75) is 52.0 Å². The van der Waals surface area contributed by atoms with Crippen LogP contribution >= 0.6 is 0 Å². The lowest BCUT2D eigenvalue weighted by molar-refractivity contribution is 0.279. The van der Waals surface area contributed by atoms with E-state index in [1.807, 2.05) is 0 Å². The number of rotatable bonds is 5. The van der Waals surface area contributed by atoms with Gasteiger partial charge in [-0.15, -0.1) is 0 Å². The molecule has 0 saturated carbocycles. The highest BCUT2D eigenvalue weighted by Gasteiger charge is 2.08. The summed E-state index contributed by atoms with van der Waals surface area (Å²) in [5.41, 5.74) is 0. The van der Waals surface area contributed by atoms with Crippen molar-refractivity contribution in [2.24, 2.45) is 0 Å². The molecule has 14 heavy (non-hydrogen) atoms. The maximum atomic E-state index is 3.56. The van der Waals surface area contributed by atoms with Crippen LogP contribution in [0, 0.1) is 0 Å². The molecule has 1 saturated heterocycles. The second kappa shape index (κ2) is 7.24. The van der Waals surface area contributed by atoms with Crippen LogP contribution in [-0.4, -0.2) is 37.1 Å². The zero-order valence-corrected chi connectivity index (χ0v) is 9.89. The maximum Gasteiger partial charge on any atom is 0.0107 e. The summed E-state index contributed by atoms with van der Waals surface area (Å²) in [5, 5.41) is 3.56. The minimum absolute atomic E-state index is 0.682. The molecule has 84 valence electrons. The van der Waals surface area contributed by atoms with Gasteiger partial charge in [-0.1, -0.05) is 19.8 Å². The van der Waals surface area contributed by atoms with Crippen molar-refractivity contribution in [2.75, 3.05) is 26.2 Å². The number of nitrogens with zero attached hydrogens (tertiary/aromatic N) is 1. The lowest BCUT2D eigenvalue weighted by Gasteiger charge is -2.21. The molecule has 0 spiro atoms. The van der Waals surface area contributed by atoms with Crippen LogP contribution in [0.2, 0.25) is 0 Å². The van der Waals surface area contributed by atoms with Gasteiger partial charge in [0.2, 0.25) is 0 Å². The average Bonchev–Trinajstić information content (AvgIpc) is 2.46. The lowest BCUT2D eigenvalue weighted by atomic mass is 10.2. The maximum absolute atomic E-state index is 3.56. The van der Waals surface area contributed by atoms with Crippen molar-refractivity contribution in [1.29, 1.82) is 0 Å². The highest BCUT2D eigenvalue weighted by Crippen LogP contribution is 2.08. The molecule has 2 nitrogen and oxygen atoms in total. The van der Waals surface area contributed by atoms with E-state index < -0.39 is 0 Å². The predicted molar refractivity (Wildman–Crippen MR) is 62.7 cm³/mol. The number of hydrogen-bond donors (Lipinski definition) is 1. The summed E-state index contributed by atoms with van der Waals surface area (Å²) in [6.45, 7) is 9.55. The lowest BCUT2D eigenvalue weighted by Crippen LogP contribution is -2.36. The van der Waals surface area contributed by atoms with E-state index >= 15 is 0 Å². The quantitative estimate of drug-likeness (QED) is 0.729. The Morgan fingerprint density at radius 1 is 1.14 bits per heavy atom. The van der Waals surface area contributed by atoms with Crippen LogP contribution < -0.4 is 5.32 Å². The van der Waals surface area contributed by atoms with Gasteiger partial charge in [0.1, 0.15) is 0 Å². The van der Waals surface area contributed by atoms with Crippen LogP contribution in [0.15, 0.2) is 0 Å². The first-order valence-corrected chi connectivity index (χ1v) is 6.28. The topological polar surface area (TPSA) is 15.3 Å². The molecule has 1 heterocycles. The molecule has 1 atom stereocenters. The summed E-state index contributed by atoms with van der Waals surface area (Å²) in [6, 6.07) is 0.682. The van der Waals surface area contributed by atoms with E-state index in [1.54, 1.807) is 0 Å². The monoisotopic (exact) mass is 198 g/mol. The van der Waals surface area contributed by atoms with Gasteiger partial charge in [-0.2, -0.15) is 0 Å². The van der Waals surface area contributed by atoms with Gasteiger partial charge in [0.05, 0.1) is 0 Å². The van der Waals surface area contributed by atoms with Crippen LogP contribution in [0.25, 0.3) is 0 Å². The van der Waals surface area contributed by atoms with Gasteiger partial charge in [0.25, 0.3) is 0 Å². The molecule has 0 amide bonds. The van der Waals surface area contributed by atoms with E-state index in [-0.39, 0.29) is 0 Å². The fourth-order valence-corrected chi connectivity index (χ4v) is 1.97. The summed E-state index contributed by atoms with van der Waals surface area (Å²) >= 11 is 0. The third kappa shape index (κ3) is 4.97. The first kappa shape index (κ1) is 12.0. The number of hydrogen-bond acceptors (Lipinski definition) is 2. The van der Waals surface area contributed by atoms with Gasteiger partial charge in [-0.25, -0.2) is 0 Å². The van der Waals surface area contributed by atoms with E-state index in [0.29, 0.717) is 6.04 Å². The minimum Gasteiger partial charge on any atom is -0.313 e. The van der Waals surface area contributed by atoms with Crippen LogP contribution in [0.4, 0.5) is 0 Å². The second-order valence-corrected chi connectivity index (χ2v) is 4.52. The Kier molecular flexibility index (Phi) is 6.20. The molecule has 1 aliphatic rings. The molecule has 0 aliphatic carbocycles. The fraction of sp³-hybridized carbons (Fsp3) is 1.00. The normalized spacial score (nSPS) is 21.9. The van der Waals surface area contributed by atoms with E-state index in [1.165, 1.54) is 51.7 Å². The first-order valence-electron chi connectivity index (χ1n) is 6.28. The van der Waals surface area contributed by atoms with E-state index in [9.17, 15) is 0 Å². The molecule has 0 aromatic rings. The Hall–Kier alpha value is -0.0800. The molecule has 0 aromatic carbocycles. The summed E-state index contributed by atoms with van der Waals surface area (Å²) < 4.78 is 0. The third-order valence-corrected chi connectivity index (χ3v) is 3.23. The van der Waals surface area contributed by atoms with Crippen molar-refractivity contribution in [1.82, 2.24) is 10.2 Å². The molecule has 1 aliphatic heterocycles. The van der Waals surface area contributed by atoms with Crippen molar-refractivity contribution < 1.29 is 0 Å². The third-order valence-electron chi connectivity index (χ3n) is 3.23. The fourth-order valence-electron chi connectivity index (χ4n) is 1.97. The van der Waals surface area contributed by atoms with E-state index in [4.69, 9.17) is 0 Å². The zero-order chi connectivity index (χ0) is 10.2. The number of nitrogens with one attached hydrogen (secondary N) is 1. The van der Waals surface area contributed by atoms with Crippen LogP contribution in [0.3, 0.4) is 0 Å². The smallest absolute Gasteiger partial charge is 0.0107 e.